The van der Waals surface area contributed by atoms with E-state index in [0.717, 1.165) is 77.2 Å². The number of benzene rings is 1. The fourth-order valence-electron chi connectivity index (χ4n) is 6.47. The first kappa shape index (κ1) is 25.4. The van der Waals surface area contributed by atoms with Gasteiger partial charge in [-0.3, -0.25) is 4.90 Å². The van der Waals surface area contributed by atoms with E-state index in [9.17, 15) is 0 Å². The Balaban J connectivity index is 1.01. The van der Waals surface area contributed by atoms with Crippen LogP contribution in [-0.2, 0) is 9.47 Å². The molecule has 2 aliphatic heterocycles. The number of hydrogen-bond donors (Lipinski definition) is 0. The molecule has 1 aromatic rings. The van der Waals surface area contributed by atoms with E-state index in [2.05, 4.69) is 59.2 Å². The van der Waals surface area contributed by atoms with Crippen LogP contribution in [0.3, 0.4) is 0 Å². The van der Waals surface area contributed by atoms with Crippen LogP contribution in [-0.4, -0.2) is 63.5 Å². The predicted octanol–water partition coefficient (Wildman–Crippen LogP) is 5.98. The Bertz CT molecular complexity index is 947. The lowest BCUT2D eigenvalue weighted by Gasteiger charge is -2.40. The number of anilines is 1. The first-order valence-corrected chi connectivity index (χ1v) is 14.1. The Morgan fingerprint density at radius 2 is 1.92 bits per heavy atom. The summed E-state index contributed by atoms with van der Waals surface area (Å²) in [5.74, 6) is 3.51. The van der Waals surface area contributed by atoms with Gasteiger partial charge in [0.05, 0.1) is 30.8 Å². The summed E-state index contributed by atoms with van der Waals surface area (Å²) in [6, 6.07) is 8.35. The van der Waals surface area contributed by atoms with E-state index in [-0.39, 0.29) is 0 Å². The minimum Gasteiger partial charge on any atom is -0.495 e. The highest BCUT2D eigenvalue weighted by molar-refractivity contribution is 5.58. The van der Waals surface area contributed by atoms with Crippen molar-refractivity contribution in [2.24, 2.45) is 11.8 Å². The number of piperazine rings is 1. The fourth-order valence-corrected chi connectivity index (χ4v) is 6.47. The van der Waals surface area contributed by atoms with E-state index >= 15 is 0 Å². The Hall–Kier alpha value is -2.24. The molecule has 5 nitrogen and oxygen atoms in total. The molecule has 5 heteroatoms. The van der Waals surface area contributed by atoms with Crippen molar-refractivity contribution in [1.82, 2.24) is 4.90 Å². The zero-order valence-electron chi connectivity index (χ0n) is 22.2. The second-order valence-corrected chi connectivity index (χ2v) is 10.9. The normalized spacial score (nSPS) is 28.7. The molecule has 0 aromatic heterocycles. The summed E-state index contributed by atoms with van der Waals surface area (Å²) in [4.78, 5) is 5.04. The van der Waals surface area contributed by atoms with Crippen molar-refractivity contribution in [3.63, 3.8) is 0 Å². The van der Waals surface area contributed by atoms with Crippen LogP contribution < -0.4 is 9.64 Å². The molecule has 0 N–H and O–H groups in total. The van der Waals surface area contributed by atoms with Gasteiger partial charge in [0, 0.05) is 39.2 Å². The third-order valence-electron chi connectivity index (χ3n) is 8.43. The van der Waals surface area contributed by atoms with E-state index in [1.54, 1.807) is 12.7 Å². The van der Waals surface area contributed by atoms with Gasteiger partial charge in [0.1, 0.15) is 5.75 Å². The number of para-hydroxylation sites is 2. The second-order valence-electron chi connectivity index (χ2n) is 10.9. The molecule has 4 aliphatic rings. The third-order valence-corrected chi connectivity index (χ3v) is 8.43. The molecule has 2 heterocycles. The second kappa shape index (κ2) is 12.3. The van der Waals surface area contributed by atoms with E-state index in [4.69, 9.17) is 14.2 Å². The van der Waals surface area contributed by atoms with Gasteiger partial charge in [0.25, 0.3) is 0 Å². The van der Waals surface area contributed by atoms with Crippen LogP contribution in [0.5, 0.6) is 5.75 Å². The summed E-state index contributed by atoms with van der Waals surface area (Å²) in [5, 5.41) is 0. The van der Waals surface area contributed by atoms with Crippen LogP contribution in [0.1, 0.15) is 51.9 Å². The average molecular weight is 493 g/mol. The van der Waals surface area contributed by atoms with Gasteiger partial charge < -0.3 is 19.1 Å². The van der Waals surface area contributed by atoms with Crippen molar-refractivity contribution in [2.45, 2.75) is 64.1 Å². The number of allylic oxidation sites excluding steroid dienone is 5. The van der Waals surface area contributed by atoms with Crippen molar-refractivity contribution in [2.75, 3.05) is 51.3 Å². The molecule has 1 aromatic carbocycles. The molecule has 4 atom stereocenters. The summed E-state index contributed by atoms with van der Waals surface area (Å²) >= 11 is 0. The molecule has 1 saturated heterocycles. The van der Waals surface area contributed by atoms with Gasteiger partial charge in [0.15, 0.2) is 0 Å². The van der Waals surface area contributed by atoms with Crippen molar-refractivity contribution in [3.05, 3.63) is 59.9 Å². The lowest BCUT2D eigenvalue weighted by Crippen LogP contribution is -2.46. The summed E-state index contributed by atoms with van der Waals surface area (Å²) in [7, 11) is 1.76. The van der Waals surface area contributed by atoms with Crippen LogP contribution in [0, 0.1) is 11.8 Å². The fraction of sp³-hybridized carbons (Fsp3) is 0.613. The molecule has 196 valence electrons. The van der Waals surface area contributed by atoms with Crippen LogP contribution in [0.15, 0.2) is 59.9 Å². The third kappa shape index (κ3) is 6.18. The molecule has 2 unspecified atom stereocenters. The maximum atomic E-state index is 6.36. The maximum Gasteiger partial charge on any atom is 0.142 e. The number of ether oxygens (including phenoxy) is 3. The van der Waals surface area contributed by atoms with Crippen LogP contribution in [0.4, 0.5) is 5.69 Å². The lowest BCUT2D eigenvalue weighted by molar-refractivity contribution is 0.0000306. The van der Waals surface area contributed by atoms with Crippen LogP contribution in [0.2, 0.25) is 0 Å². The maximum absolute atomic E-state index is 6.36. The Kier molecular flexibility index (Phi) is 8.71. The Morgan fingerprint density at radius 1 is 1.06 bits per heavy atom. The van der Waals surface area contributed by atoms with Crippen molar-refractivity contribution < 1.29 is 14.2 Å². The number of methoxy groups -OCH3 is 1. The predicted molar refractivity (Wildman–Crippen MR) is 147 cm³/mol. The zero-order chi connectivity index (χ0) is 24.7. The van der Waals surface area contributed by atoms with Crippen molar-refractivity contribution in [1.29, 1.82) is 0 Å². The number of hydrogen-bond acceptors (Lipinski definition) is 5. The minimum absolute atomic E-state index is 0.315. The Labute approximate surface area is 217 Å². The first-order valence-electron chi connectivity index (χ1n) is 14.1. The molecule has 0 amide bonds. The van der Waals surface area contributed by atoms with Gasteiger partial charge in [0.2, 0.25) is 0 Å². The highest BCUT2D eigenvalue weighted by Crippen LogP contribution is 2.44. The standard InChI is InChI=1S/C31H44N2O3/c1-24-22-28(25-10-4-3-5-11-25)27-15-14-26(23-31(27)36-24)35-21-9-8-16-32-17-19-33(20-18-32)29-12-6-7-13-30(29)34-2/h3-7,10,12-13,24-26,28H,8-9,11,14-23H2,1-2H3/t24?,25-,26+,28?/m0/s1. The summed E-state index contributed by atoms with van der Waals surface area (Å²) in [6.07, 6.45) is 17.7. The van der Waals surface area contributed by atoms with E-state index in [0.29, 0.717) is 24.0 Å². The highest BCUT2D eigenvalue weighted by Gasteiger charge is 2.36. The number of unbranched alkanes of at least 4 members (excludes halogenated alkanes) is 1. The largest absolute Gasteiger partial charge is 0.495 e. The van der Waals surface area contributed by atoms with Gasteiger partial charge in [-0.15, -0.1) is 0 Å². The molecular formula is C31H44N2O3. The molecule has 2 aliphatic carbocycles. The van der Waals surface area contributed by atoms with Gasteiger partial charge in [-0.2, -0.15) is 0 Å². The molecule has 0 bridgehead atoms. The number of nitrogens with zero attached hydrogens (tertiary/aromatic N) is 2. The molecule has 0 spiro atoms. The smallest absolute Gasteiger partial charge is 0.142 e. The number of rotatable bonds is 9. The first-order chi connectivity index (χ1) is 17.7. The topological polar surface area (TPSA) is 34.2 Å². The van der Waals surface area contributed by atoms with Crippen molar-refractivity contribution >= 4 is 5.69 Å². The van der Waals surface area contributed by atoms with E-state index < -0.39 is 0 Å². The summed E-state index contributed by atoms with van der Waals surface area (Å²) in [5.41, 5.74) is 2.80. The van der Waals surface area contributed by atoms with Gasteiger partial charge in [-0.25, -0.2) is 0 Å². The van der Waals surface area contributed by atoms with Gasteiger partial charge in [-0.05, 0) is 81.5 Å². The van der Waals surface area contributed by atoms with Gasteiger partial charge >= 0.3 is 0 Å². The summed E-state index contributed by atoms with van der Waals surface area (Å²) < 4.78 is 18.2. The average Bonchev–Trinajstić information content (AvgIpc) is 2.93. The van der Waals surface area contributed by atoms with Crippen molar-refractivity contribution in [3.8, 4) is 5.75 Å². The van der Waals surface area contributed by atoms with E-state index in [1.807, 2.05) is 6.07 Å². The summed E-state index contributed by atoms with van der Waals surface area (Å²) in [6.45, 7) is 8.60. The minimum atomic E-state index is 0.315. The SMILES string of the molecule is COc1ccccc1N1CCN(CCCCO[C@@H]2CCC3=C(C2)OC(C)CC3[C@H]2C=CC=CC2)CC1. The molecule has 0 radical (unpaired) electrons. The molecular weight excluding hydrogens is 448 g/mol. The highest BCUT2D eigenvalue weighted by atomic mass is 16.5. The van der Waals surface area contributed by atoms with Gasteiger partial charge in [-0.1, -0.05) is 36.4 Å². The quantitative estimate of drug-likeness (QED) is 0.396. The molecule has 0 saturated carbocycles. The van der Waals surface area contributed by atoms with Crippen LogP contribution in [0.25, 0.3) is 0 Å². The molecule has 36 heavy (non-hydrogen) atoms. The zero-order valence-corrected chi connectivity index (χ0v) is 22.2. The lowest BCUT2D eigenvalue weighted by atomic mass is 9.73. The van der Waals surface area contributed by atoms with E-state index in [1.165, 1.54) is 24.3 Å². The molecule has 5 rings (SSSR count). The molecule has 1 fully saturated rings. The monoisotopic (exact) mass is 492 g/mol. The van der Waals surface area contributed by atoms with Crippen LogP contribution >= 0.6 is 0 Å². The Morgan fingerprint density at radius 3 is 2.72 bits per heavy atom.